The standard InChI is InChI=1S/C13H34NO6PSi3/c1-16-14-11-13(18-22(2,3)4)12-17-21(15,19-23(5,6)7)20-24(8,9)10/h11,13H,12H2,1-10H3/b14-11+/t13-/m0/s1. The zero-order chi connectivity index (χ0) is 19.2. The second-order valence-electron chi connectivity index (χ2n) is 8.36. The second-order valence-corrected chi connectivity index (χ2v) is 23.9. The van der Waals surface area contributed by atoms with Gasteiger partial charge in [0.25, 0.3) is 0 Å². The van der Waals surface area contributed by atoms with Gasteiger partial charge in [0.05, 0.1) is 12.8 Å². The quantitative estimate of drug-likeness (QED) is 0.211. The predicted molar refractivity (Wildman–Crippen MR) is 106 cm³/mol. The van der Waals surface area contributed by atoms with Crippen molar-refractivity contribution in [1.29, 1.82) is 0 Å². The van der Waals surface area contributed by atoms with Gasteiger partial charge in [0, 0.05) is 0 Å². The molecule has 0 aromatic heterocycles. The van der Waals surface area contributed by atoms with Crippen molar-refractivity contribution in [3.05, 3.63) is 0 Å². The van der Waals surface area contributed by atoms with Crippen molar-refractivity contribution in [2.24, 2.45) is 5.16 Å². The van der Waals surface area contributed by atoms with Crippen molar-refractivity contribution in [3.8, 4) is 0 Å². The summed E-state index contributed by atoms with van der Waals surface area (Å²) >= 11 is 0. The fourth-order valence-electron chi connectivity index (χ4n) is 1.60. The number of rotatable bonds is 11. The summed E-state index contributed by atoms with van der Waals surface area (Å²) < 4.78 is 36.2. The molecule has 0 aliphatic heterocycles. The van der Waals surface area contributed by atoms with Crippen molar-refractivity contribution in [1.82, 2.24) is 0 Å². The van der Waals surface area contributed by atoms with E-state index >= 15 is 0 Å². The van der Waals surface area contributed by atoms with E-state index in [0.29, 0.717) is 0 Å². The van der Waals surface area contributed by atoms with E-state index in [0.717, 1.165) is 0 Å². The molecule has 0 fully saturated rings. The predicted octanol–water partition coefficient (Wildman–Crippen LogP) is 4.67. The summed E-state index contributed by atoms with van der Waals surface area (Å²) in [5, 5.41) is 3.74. The first kappa shape index (κ1) is 24.2. The maximum Gasteiger partial charge on any atom is 0.455 e. The highest BCUT2D eigenvalue weighted by molar-refractivity contribution is 7.52. The van der Waals surface area contributed by atoms with Gasteiger partial charge < -0.3 is 17.7 Å². The highest BCUT2D eigenvalue weighted by atomic mass is 31.2. The monoisotopic (exact) mass is 415 g/mol. The fourth-order valence-corrected chi connectivity index (χ4v) is 9.24. The summed E-state index contributed by atoms with van der Waals surface area (Å²) in [5.41, 5.74) is 0. The molecular weight excluding hydrogens is 381 g/mol. The van der Waals surface area contributed by atoms with Gasteiger partial charge >= 0.3 is 7.82 Å². The third-order valence-corrected chi connectivity index (χ3v) is 9.65. The van der Waals surface area contributed by atoms with E-state index in [9.17, 15) is 4.57 Å². The maximum atomic E-state index is 13.1. The first-order valence-electron chi connectivity index (χ1n) is 7.96. The van der Waals surface area contributed by atoms with Crippen molar-refractivity contribution >= 4 is 39.0 Å². The van der Waals surface area contributed by atoms with Crippen molar-refractivity contribution in [2.75, 3.05) is 13.7 Å². The summed E-state index contributed by atoms with van der Waals surface area (Å²) in [4.78, 5) is 4.71. The number of oxime groups is 1. The van der Waals surface area contributed by atoms with Crippen LogP contribution in [0, 0.1) is 0 Å². The van der Waals surface area contributed by atoms with Crippen LogP contribution in [0.4, 0.5) is 0 Å². The van der Waals surface area contributed by atoms with Crippen LogP contribution in [0.3, 0.4) is 0 Å². The lowest BCUT2D eigenvalue weighted by Crippen LogP contribution is -2.36. The van der Waals surface area contributed by atoms with E-state index in [4.69, 9.17) is 22.2 Å². The molecule has 0 spiro atoms. The molecule has 0 aromatic carbocycles. The average Bonchev–Trinajstić information content (AvgIpc) is 2.26. The summed E-state index contributed by atoms with van der Waals surface area (Å²) in [7, 11) is -8.28. The molecule has 0 heterocycles. The number of hydrogen-bond donors (Lipinski definition) is 0. The Morgan fingerprint density at radius 2 is 1.38 bits per heavy atom. The van der Waals surface area contributed by atoms with E-state index in [1.165, 1.54) is 13.3 Å². The highest BCUT2D eigenvalue weighted by Crippen LogP contribution is 2.54. The van der Waals surface area contributed by atoms with Crippen LogP contribution in [0.1, 0.15) is 0 Å². The van der Waals surface area contributed by atoms with Crippen LogP contribution in [-0.4, -0.2) is 51.0 Å². The van der Waals surface area contributed by atoms with Crippen LogP contribution in [0.5, 0.6) is 0 Å². The molecular formula is C13H34NO6PSi3. The van der Waals surface area contributed by atoms with Gasteiger partial charge in [0.2, 0.25) is 0 Å². The SMILES string of the molecule is CO/N=C/[C@@H](COP(=O)(O[Si](C)(C)C)O[Si](C)(C)C)O[Si](C)(C)C. The fraction of sp³-hybridized carbons (Fsp3) is 0.923. The molecule has 0 aliphatic rings. The van der Waals surface area contributed by atoms with E-state index in [-0.39, 0.29) is 6.61 Å². The van der Waals surface area contributed by atoms with Crippen LogP contribution in [0.2, 0.25) is 58.9 Å². The van der Waals surface area contributed by atoms with Gasteiger partial charge in [-0.1, -0.05) is 5.16 Å². The molecule has 0 aromatic rings. The molecule has 11 heteroatoms. The third kappa shape index (κ3) is 13.5. The van der Waals surface area contributed by atoms with Crippen molar-refractivity contribution < 1.29 is 26.8 Å². The Bertz CT molecular complexity index is 436. The van der Waals surface area contributed by atoms with E-state index in [1.54, 1.807) is 0 Å². The summed E-state index contributed by atoms with van der Waals surface area (Å²) in [6.45, 7) is 17.9. The Labute approximate surface area is 150 Å². The van der Waals surface area contributed by atoms with Gasteiger partial charge in [-0.05, 0) is 58.9 Å². The van der Waals surface area contributed by atoms with Gasteiger partial charge in [0.1, 0.15) is 13.2 Å². The Balaban J connectivity index is 5.17. The topological polar surface area (TPSA) is 75.6 Å². The first-order chi connectivity index (χ1) is 10.6. The lowest BCUT2D eigenvalue weighted by Gasteiger charge is -2.31. The van der Waals surface area contributed by atoms with Crippen LogP contribution < -0.4 is 0 Å². The van der Waals surface area contributed by atoms with Gasteiger partial charge in [-0.2, -0.15) is 0 Å². The van der Waals surface area contributed by atoms with Gasteiger partial charge in [0.15, 0.2) is 25.0 Å². The molecule has 0 N–H and O–H groups in total. The van der Waals surface area contributed by atoms with Crippen LogP contribution in [0.15, 0.2) is 5.16 Å². The van der Waals surface area contributed by atoms with Gasteiger partial charge in [-0.15, -0.1) is 0 Å². The van der Waals surface area contributed by atoms with E-state index in [1.807, 2.05) is 39.3 Å². The average molecular weight is 416 g/mol. The minimum absolute atomic E-state index is 0.0311. The Morgan fingerprint density at radius 1 is 0.917 bits per heavy atom. The van der Waals surface area contributed by atoms with Gasteiger partial charge in [-0.25, -0.2) is 4.57 Å². The number of phosphoric acid groups is 1. The lowest BCUT2D eigenvalue weighted by molar-refractivity contribution is 0.135. The number of hydrogen-bond acceptors (Lipinski definition) is 7. The molecule has 24 heavy (non-hydrogen) atoms. The molecule has 0 unspecified atom stereocenters. The highest BCUT2D eigenvalue weighted by Gasteiger charge is 2.39. The molecule has 0 saturated heterocycles. The molecule has 0 saturated carbocycles. The molecule has 0 aliphatic carbocycles. The number of nitrogens with zero attached hydrogens (tertiary/aromatic N) is 1. The third-order valence-electron chi connectivity index (χ3n) is 2.01. The van der Waals surface area contributed by atoms with Crippen LogP contribution in [-0.2, 0) is 26.8 Å². The Hall–Kier alpha value is 0.191. The second kappa shape index (κ2) is 9.22. The maximum absolute atomic E-state index is 13.1. The Morgan fingerprint density at radius 3 is 1.71 bits per heavy atom. The summed E-state index contributed by atoms with van der Waals surface area (Å²) in [6.07, 6.45) is 1.03. The lowest BCUT2D eigenvalue weighted by atomic mass is 10.4. The minimum atomic E-state index is -3.66. The van der Waals surface area contributed by atoms with Crippen LogP contribution >= 0.6 is 7.82 Å². The molecule has 0 radical (unpaired) electrons. The summed E-state index contributed by atoms with van der Waals surface area (Å²) in [6, 6.07) is 0. The Kier molecular flexibility index (Phi) is 9.29. The largest absolute Gasteiger partial charge is 0.455 e. The van der Waals surface area contributed by atoms with E-state index < -0.39 is 38.9 Å². The normalized spacial score (nSPS) is 15.8. The minimum Gasteiger partial charge on any atom is -0.407 e. The first-order valence-corrected chi connectivity index (χ1v) is 19.6. The van der Waals surface area contributed by atoms with Crippen LogP contribution in [0.25, 0.3) is 0 Å². The van der Waals surface area contributed by atoms with Crippen molar-refractivity contribution in [3.63, 3.8) is 0 Å². The summed E-state index contributed by atoms with van der Waals surface area (Å²) in [5.74, 6) is 0. The van der Waals surface area contributed by atoms with Crippen molar-refractivity contribution in [2.45, 2.75) is 65.0 Å². The zero-order valence-corrected chi connectivity index (χ0v) is 20.6. The molecule has 0 rings (SSSR count). The molecule has 1 atom stereocenters. The molecule has 7 nitrogen and oxygen atoms in total. The molecule has 0 amide bonds. The van der Waals surface area contributed by atoms with Gasteiger partial charge in [-0.3, -0.25) is 4.52 Å². The van der Waals surface area contributed by atoms with E-state index in [2.05, 4.69) is 24.8 Å². The smallest absolute Gasteiger partial charge is 0.407 e. The zero-order valence-electron chi connectivity index (χ0n) is 16.7. The molecule has 144 valence electrons. The molecule has 0 bridgehead atoms.